The van der Waals surface area contributed by atoms with Gasteiger partial charge in [0.2, 0.25) is 0 Å². The monoisotopic (exact) mass is 367 g/mol. The summed E-state index contributed by atoms with van der Waals surface area (Å²) in [6.07, 6.45) is 0.109. The standard InChI is InChI=1S/C19H17N3O5/c1-14-7-5-10-16(22(25)26)18(14)19(24)27-13-17(23)21(12-6-11-20)15-8-3-2-4-9-15/h2-5,7-10H,6,12-13H2,1H3. The van der Waals surface area contributed by atoms with Crippen LogP contribution in [0.3, 0.4) is 0 Å². The lowest BCUT2D eigenvalue weighted by Gasteiger charge is -2.21. The number of hydrogen-bond donors (Lipinski definition) is 0. The van der Waals surface area contributed by atoms with E-state index in [1.165, 1.54) is 17.0 Å². The summed E-state index contributed by atoms with van der Waals surface area (Å²) < 4.78 is 5.03. The summed E-state index contributed by atoms with van der Waals surface area (Å²) in [6.45, 7) is 1.10. The number of amides is 1. The lowest BCUT2D eigenvalue weighted by Crippen LogP contribution is -2.35. The molecule has 0 bridgehead atoms. The number of hydrogen-bond acceptors (Lipinski definition) is 6. The van der Waals surface area contributed by atoms with Crippen LogP contribution in [-0.2, 0) is 9.53 Å². The van der Waals surface area contributed by atoms with Crippen LogP contribution < -0.4 is 4.90 Å². The molecule has 138 valence electrons. The lowest BCUT2D eigenvalue weighted by atomic mass is 10.1. The molecule has 0 atom stereocenters. The maximum Gasteiger partial charge on any atom is 0.345 e. The topological polar surface area (TPSA) is 114 Å². The van der Waals surface area contributed by atoms with Crippen LogP contribution in [0.1, 0.15) is 22.3 Å². The van der Waals surface area contributed by atoms with Crippen LogP contribution in [0.5, 0.6) is 0 Å². The van der Waals surface area contributed by atoms with E-state index in [-0.39, 0.29) is 24.2 Å². The molecule has 0 heterocycles. The number of carbonyl (C=O) groups is 2. The van der Waals surface area contributed by atoms with Crippen molar-refractivity contribution < 1.29 is 19.2 Å². The van der Waals surface area contributed by atoms with Gasteiger partial charge in [0.15, 0.2) is 6.61 Å². The summed E-state index contributed by atoms with van der Waals surface area (Å²) in [6, 6.07) is 14.8. The van der Waals surface area contributed by atoms with Crippen molar-refractivity contribution in [2.45, 2.75) is 13.3 Å². The average molecular weight is 367 g/mol. The smallest absolute Gasteiger partial charge is 0.345 e. The largest absolute Gasteiger partial charge is 0.452 e. The molecule has 2 aromatic rings. The molecule has 0 saturated carbocycles. The number of ether oxygens (including phenoxy) is 1. The van der Waals surface area contributed by atoms with Gasteiger partial charge in [-0.25, -0.2) is 4.79 Å². The number of nitriles is 1. The second-order valence-corrected chi connectivity index (χ2v) is 5.59. The maximum atomic E-state index is 12.5. The van der Waals surface area contributed by atoms with Crippen molar-refractivity contribution >= 4 is 23.3 Å². The van der Waals surface area contributed by atoms with Gasteiger partial charge in [0.05, 0.1) is 17.4 Å². The number of nitro groups is 1. The van der Waals surface area contributed by atoms with E-state index in [1.807, 2.05) is 6.07 Å². The molecule has 8 heteroatoms. The fourth-order valence-electron chi connectivity index (χ4n) is 2.51. The zero-order chi connectivity index (χ0) is 19.8. The van der Waals surface area contributed by atoms with Crippen molar-refractivity contribution in [3.63, 3.8) is 0 Å². The highest BCUT2D eigenvalue weighted by molar-refractivity contribution is 5.99. The highest BCUT2D eigenvalue weighted by atomic mass is 16.6. The number of benzene rings is 2. The molecule has 27 heavy (non-hydrogen) atoms. The van der Waals surface area contributed by atoms with E-state index in [9.17, 15) is 19.7 Å². The predicted molar refractivity (Wildman–Crippen MR) is 97.1 cm³/mol. The van der Waals surface area contributed by atoms with E-state index in [2.05, 4.69) is 0 Å². The molecule has 0 radical (unpaired) electrons. The fourth-order valence-corrected chi connectivity index (χ4v) is 2.51. The Hall–Kier alpha value is -3.73. The number of para-hydroxylation sites is 1. The summed E-state index contributed by atoms with van der Waals surface area (Å²) in [5.74, 6) is -1.47. The molecule has 0 spiro atoms. The Morgan fingerprint density at radius 2 is 1.89 bits per heavy atom. The van der Waals surface area contributed by atoms with Crippen LogP contribution in [-0.4, -0.2) is 30.0 Å². The SMILES string of the molecule is Cc1cccc([N+](=O)[O-])c1C(=O)OCC(=O)N(CCC#N)c1ccccc1. The molecule has 2 aromatic carbocycles. The number of aryl methyl sites for hydroxylation is 1. The predicted octanol–water partition coefficient (Wildman–Crippen LogP) is 3.01. The number of carbonyl (C=O) groups excluding carboxylic acids is 2. The van der Waals surface area contributed by atoms with E-state index in [0.717, 1.165) is 0 Å². The van der Waals surface area contributed by atoms with Gasteiger partial charge in [-0.05, 0) is 24.6 Å². The zero-order valence-electron chi connectivity index (χ0n) is 14.6. The van der Waals surface area contributed by atoms with E-state index in [4.69, 9.17) is 10.00 Å². The minimum absolute atomic E-state index is 0.109. The Bertz CT molecular complexity index is 890. The van der Waals surface area contributed by atoms with Crippen LogP contribution in [0.4, 0.5) is 11.4 Å². The van der Waals surface area contributed by atoms with Crippen molar-refractivity contribution in [3.8, 4) is 6.07 Å². The molecule has 2 rings (SSSR count). The lowest BCUT2D eigenvalue weighted by molar-refractivity contribution is -0.385. The quantitative estimate of drug-likeness (QED) is 0.422. The maximum absolute atomic E-state index is 12.5. The zero-order valence-corrected chi connectivity index (χ0v) is 14.6. The van der Waals surface area contributed by atoms with E-state index >= 15 is 0 Å². The summed E-state index contributed by atoms with van der Waals surface area (Å²) in [5, 5.41) is 19.9. The Morgan fingerprint density at radius 3 is 2.52 bits per heavy atom. The summed E-state index contributed by atoms with van der Waals surface area (Å²) in [4.78, 5) is 36.6. The van der Waals surface area contributed by atoms with Gasteiger partial charge in [0, 0.05) is 18.3 Å². The van der Waals surface area contributed by atoms with Crippen LogP contribution >= 0.6 is 0 Å². The first-order valence-electron chi connectivity index (χ1n) is 8.09. The van der Waals surface area contributed by atoms with Crippen molar-refractivity contribution in [2.75, 3.05) is 18.1 Å². The number of nitrogens with zero attached hydrogens (tertiary/aromatic N) is 3. The van der Waals surface area contributed by atoms with Gasteiger partial charge in [-0.1, -0.05) is 30.3 Å². The molecule has 0 N–H and O–H groups in total. The van der Waals surface area contributed by atoms with Crippen LogP contribution in [0.2, 0.25) is 0 Å². The molecule has 0 fully saturated rings. The first-order chi connectivity index (χ1) is 13.0. The average Bonchev–Trinajstić information content (AvgIpc) is 2.67. The molecule has 8 nitrogen and oxygen atoms in total. The van der Waals surface area contributed by atoms with Crippen molar-refractivity contribution in [1.29, 1.82) is 5.26 Å². The highest BCUT2D eigenvalue weighted by Crippen LogP contribution is 2.23. The Labute approximate surface area is 155 Å². The summed E-state index contributed by atoms with van der Waals surface area (Å²) in [7, 11) is 0. The second kappa shape index (κ2) is 9.10. The minimum Gasteiger partial charge on any atom is -0.452 e. The Balaban J connectivity index is 2.15. The third-order valence-corrected chi connectivity index (χ3v) is 3.79. The Morgan fingerprint density at radius 1 is 1.19 bits per heavy atom. The second-order valence-electron chi connectivity index (χ2n) is 5.59. The number of nitro benzene ring substituents is 1. The van der Waals surface area contributed by atoms with Gasteiger partial charge >= 0.3 is 5.97 Å². The summed E-state index contributed by atoms with van der Waals surface area (Å²) >= 11 is 0. The van der Waals surface area contributed by atoms with Crippen LogP contribution in [0.25, 0.3) is 0 Å². The molecular formula is C19H17N3O5. The molecule has 0 aliphatic carbocycles. The Kier molecular flexibility index (Phi) is 6.61. The van der Waals surface area contributed by atoms with Crippen molar-refractivity contribution in [3.05, 3.63) is 69.8 Å². The third-order valence-electron chi connectivity index (χ3n) is 3.79. The van der Waals surface area contributed by atoms with E-state index < -0.39 is 23.4 Å². The van der Waals surface area contributed by atoms with Gasteiger partial charge in [-0.3, -0.25) is 14.9 Å². The number of esters is 1. The molecule has 1 amide bonds. The normalized spacial score (nSPS) is 9.93. The van der Waals surface area contributed by atoms with Gasteiger partial charge in [-0.15, -0.1) is 0 Å². The molecule has 0 aliphatic rings. The van der Waals surface area contributed by atoms with E-state index in [1.54, 1.807) is 43.3 Å². The molecular weight excluding hydrogens is 350 g/mol. The first-order valence-corrected chi connectivity index (χ1v) is 8.09. The van der Waals surface area contributed by atoms with Crippen LogP contribution in [0.15, 0.2) is 48.5 Å². The third kappa shape index (κ3) is 4.89. The highest BCUT2D eigenvalue weighted by Gasteiger charge is 2.25. The molecule has 0 unspecified atom stereocenters. The van der Waals surface area contributed by atoms with Gasteiger partial charge in [0.1, 0.15) is 5.56 Å². The van der Waals surface area contributed by atoms with Gasteiger partial charge < -0.3 is 9.64 Å². The minimum atomic E-state index is -0.943. The van der Waals surface area contributed by atoms with Crippen LogP contribution in [0, 0.1) is 28.4 Å². The van der Waals surface area contributed by atoms with Crippen molar-refractivity contribution in [1.82, 2.24) is 0 Å². The van der Waals surface area contributed by atoms with Gasteiger partial charge in [-0.2, -0.15) is 5.26 Å². The molecule has 0 saturated heterocycles. The van der Waals surface area contributed by atoms with Gasteiger partial charge in [0.25, 0.3) is 11.6 Å². The summed E-state index contributed by atoms with van der Waals surface area (Å²) in [5.41, 5.74) is 0.386. The molecule has 0 aromatic heterocycles. The number of rotatable bonds is 7. The first kappa shape index (κ1) is 19.6. The van der Waals surface area contributed by atoms with E-state index in [0.29, 0.717) is 11.3 Å². The number of anilines is 1. The fraction of sp³-hybridized carbons (Fsp3) is 0.211. The van der Waals surface area contributed by atoms with Crippen molar-refractivity contribution in [2.24, 2.45) is 0 Å². The molecule has 0 aliphatic heterocycles.